The summed E-state index contributed by atoms with van der Waals surface area (Å²) in [6.45, 7) is 1.87. The fourth-order valence-electron chi connectivity index (χ4n) is 1.84. The van der Waals surface area contributed by atoms with Gasteiger partial charge in [0, 0.05) is 28.2 Å². The molecule has 112 valence electrons. The third kappa shape index (κ3) is 4.95. The summed E-state index contributed by atoms with van der Waals surface area (Å²) in [5, 5.41) is 7.96. The van der Waals surface area contributed by atoms with Gasteiger partial charge in [0.2, 0.25) is 0 Å². The molecule has 7 heteroatoms. The molecule has 0 fully saturated rings. The number of nitrogens with one attached hydrogen (secondary N) is 2. The van der Waals surface area contributed by atoms with Crippen LogP contribution < -0.4 is 10.6 Å². The van der Waals surface area contributed by atoms with E-state index in [1.165, 1.54) is 11.3 Å². The Morgan fingerprint density at radius 3 is 2.67 bits per heavy atom. The van der Waals surface area contributed by atoms with Gasteiger partial charge >= 0.3 is 6.03 Å². The number of amides is 2. The number of urea groups is 1. The lowest BCUT2D eigenvalue weighted by atomic mass is 10.1. The first-order valence-electron chi connectivity index (χ1n) is 6.39. The van der Waals surface area contributed by atoms with Crippen molar-refractivity contribution in [2.75, 3.05) is 17.3 Å². The smallest absolute Gasteiger partial charge is 0.321 e. The fourth-order valence-corrected chi connectivity index (χ4v) is 3.27. The molecule has 0 aliphatic carbocycles. The summed E-state index contributed by atoms with van der Waals surface area (Å²) in [4.78, 5) is 16.2. The van der Waals surface area contributed by atoms with Gasteiger partial charge in [-0.25, -0.2) is 9.78 Å². The van der Waals surface area contributed by atoms with E-state index in [0.29, 0.717) is 10.9 Å². The van der Waals surface area contributed by atoms with Crippen LogP contribution in [-0.2, 0) is 10.8 Å². The summed E-state index contributed by atoms with van der Waals surface area (Å²) in [5.74, 6) is 0.369. The zero-order chi connectivity index (χ0) is 15.2. The molecule has 5 nitrogen and oxygen atoms in total. The normalized spacial score (nSPS) is 13.4. The van der Waals surface area contributed by atoms with Crippen molar-refractivity contribution in [3.63, 3.8) is 0 Å². The van der Waals surface area contributed by atoms with Gasteiger partial charge in [0.1, 0.15) is 0 Å². The third-order valence-electron chi connectivity index (χ3n) is 2.75. The first-order chi connectivity index (χ1) is 10.0. The first kappa shape index (κ1) is 15.7. The number of nitrogens with zero attached hydrogens (tertiary/aromatic N) is 1. The van der Waals surface area contributed by atoms with Crippen LogP contribution in [0.15, 0.2) is 35.7 Å². The van der Waals surface area contributed by atoms with Crippen LogP contribution in [0.2, 0.25) is 0 Å². The Balaban J connectivity index is 2.04. The fraction of sp³-hybridized carbons (Fsp3) is 0.286. The molecule has 0 bridgehead atoms. The van der Waals surface area contributed by atoms with Crippen LogP contribution in [0.25, 0.3) is 0 Å². The molecule has 1 aromatic heterocycles. The molecule has 1 aromatic carbocycles. The minimum Gasteiger partial charge on any atom is -0.330 e. The number of hydrogen-bond acceptors (Lipinski definition) is 4. The Kier molecular flexibility index (Phi) is 5.46. The van der Waals surface area contributed by atoms with Gasteiger partial charge in [-0.15, -0.1) is 11.3 Å². The van der Waals surface area contributed by atoms with Crippen molar-refractivity contribution >= 4 is 33.3 Å². The molecule has 2 N–H and O–H groups in total. The number of rotatable bonds is 5. The van der Waals surface area contributed by atoms with Crippen LogP contribution in [0.4, 0.5) is 9.93 Å². The molecule has 0 spiro atoms. The summed E-state index contributed by atoms with van der Waals surface area (Å²) in [5.41, 5.74) is 1.79. The lowest BCUT2D eigenvalue weighted by Gasteiger charge is -2.18. The monoisotopic (exact) mass is 323 g/mol. The van der Waals surface area contributed by atoms with Crippen molar-refractivity contribution in [2.24, 2.45) is 0 Å². The van der Waals surface area contributed by atoms with Gasteiger partial charge in [0.25, 0.3) is 0 Å². The van der Waals surface area contributed by atoms with Gasteiger partial charge in [-0.2, -0.15) is 0 Å². The molecule has 2 aromatic rings. The predicted molar refractivity (Wildman–Crippen MR) is 87.1 cm³/mol. The van der Waals surface area contributed by atoms with E-state index in [9.17, 15) is 9.00 Å². The van der Waals surface area contributed by atoms with Crippen molar-refractivity contribution in [1.82, 2.24) is 10.3 Å². The summed E-state index contributed by atoms with van der Waals surface area (Å²) >= 11 is 1.37. The van der Waals surface area contributed by atoms with Crippen LogP contribution in [0, 0.1) is 6.92 Å². The standard InChI is InChI=1S/C14H17N3O2S2/c1-10-8-20-14(15-10)17-13(18)16-12(9-21(2)19)11-6-4-3-5-7-11/h3-8,12H,9H2,1-2H3,(H2,15,16,17,18)/t12-,21+/m0/s1. The molecule has 0 unspecified atom stereocenters. The zero-order valence-corrected chi connectivity index (χ0v) is 13.5. The number of thiazole rings is 1. The summed E-state index contributed by atoms with van der Waals surface area (Å²) in [6, 6.07) is 8.87. The second-order valence-electron chi connectivity index (χ2n) is 4.60. The molecule has 21 heavy (non-hydrogen) atoms. The number of hydrogen-bond donors (Lipinski definition) is 2. The number of carbonyl (C=O) groups excluding carboxylic acids is 1. The Hall–Kier alpha value is -1.73. The molecule has 0 aliphatic rings. The second-order valence-corrected chi connectivity index (χ2v) is 6.93. The lowest BCUT2D eigenvalue weighted by Crippen LogP contribution is -2.35. The Morgan fingerprint density at radius 2 is 2.10 bits per heavy atom. The van der Waals surface area contributed by atoms with E-state index in [4.69, 9.17) is 0 Å². The van der Waals surface area contributed by atoms with E-state index in [2.05, 4.69) is 15.6 Å². The molecule has 2 rings (SSSR count). The molecule has 0 radical (unpaired) electrons. The van der Waals surface area contributed by atoms with Crippen molar-refractivity contribution in [2.45, 2.75) is 13.0 Å². The Labute approximate surface area is 130 Å². The summed E-state index contributed by atoms with van der Waals surface area (Å²) in [6.07, 6.45) is 1.62. The van der Waals surface area contributed by atoms with Crippen molar-refractivity contribution in [3.8, 4) is 0 Å². The molecular weight excluding hydrogens is 306 g/mol. The minimum atomic E-state index is -1.01. The molecule has 0 saturated heterocycles. The van der Waals surface area contributed by atoms with Crippen LogP contribution in [0.1, 0.15) is 17.3 Å². The van der Waals surface area contributed by atoms with Crippen molar-refractivity contribution < 1.29 is 9.00 Å². The second kappa shape index (κ2) is 7.33. The SMILES string of the molecule is Cc1csc(NC(=O)N[C@@H](C[S@@](C)=O)c2ccccc2)n1. The third-order valence-corrected chi connectivity index (χ3v) is 4.43. The summed E-state index contributed by atoms with van der Waals surface area (Å²) in [7, 11) is -1.01. The van der Waals surface area contributed by atoms with Crippen LogP contribution in [-0.4, -0.2) is 27.2 Å². The number of anilines is 1. The van der Waals surface area contributed by atoms with Gasteiger partial charge in [-0.3, -0.25) is 9.53 Å². The van der Waals surface area contributed by atoms with Gasteiger partial charge in [-0.05, 0) is 12.5 Å². The highest BCUT2D eigenvalue weighted by atomic mass is 32.2. The quantitative estimate of drug-likeness (QED) is 0.888. The number of carbonyl (C=O) groups is 1. The van der Waals surface area contributed by atoms with E-state index in [-0.39, 0.29) is 12.1 Å². The highest BCUT2D eigenvalue weighted by Gasteiger charge is 2.16. The predicted octanol–water partition coefficient (Wildman–Crippen LogP) is 2.69. The zero-order valence-electron chi connectivity index (χ0n) is 11.8. The highest BCUT2D eigenvalue weighted by Crippen LogP contribution is 2.16. The first-order valence-corrected chi connectivity index (χ1v) is 9.00. The van der Waals surface area contributed by atoms with Gasteiger partial charge < -0.3 is 5.32 Å². The average molecular weight is 323 g/mol. The number of aryl methyl sites for hydroxylation is 1. The molecule has 2 atom stereocenters. The van der Waals surface area contributed by atoms with Crippen molar-refractivity contribution in [1.29, 1.82) is 0 Å². The van der Waals surface area contributed by atoms with Crippen LogP contribution in [0.3, 0.4) is 0 Å². The maximum atomic E-state index is 12.0. The average Bonchev–Trinajstić information content (AvgIpc) is 2.83. The van der Waals surface area contributed by atoms with Crippen LogP contribution >= 0.6 is 11.3 Å². The molecule has 2 amide bonds. The van der Waals surface area contributed by atoms with E-state index >= 15 is 0 Å². The summed E-state index contributed by atoms with van der Waals surface area (Å²) < 4.78 is 11.5. The lowest BCUT2D eigenvalue weighted by molar-refractivity contribution is 0.249. The van der Waals surface area contributed by atoms with Crippen LogP contribution in [0.5, 0.6) is 0 Å². The largest absolute Gasteiger partial charge is 0.330 e. The molecular formula is C14H17N3O2S2. The highest BCUT2D eigenvalue weighted by molar-refractivity contribution is 7.84. The van der Waals surface area contributed by atoms with Gasteiger partial charge in [0.15, 0.2) is 5.13 Å². The molecule has 1 heterocycles. The molecule has 0 saturated carbocycles. The maximum Gasteiger partial charge on any atom is 0.321 e. The number of benzene rings is 1. The minimum absolute atomic E-state index is 0.293. The Bertz CT molecular complexity index is 628. The van der Waals surface area contributed by atoms with E-state index < -0.39 is 10.8 Å². The Morgan fingerprint density at radius 1 is 1.38 bits per heavy atom. The topological polar surface area (TPSA) is 71.1 Å². The molecule has 0 aliphatic heterocycles. The van der Waals surface area contributed by atoms with E-state index in [1.54, 1.807) is 6.26 Å². The maximum absolute atomic E-state index is 12.0. The van der Waals surface area contributed by atoms with Gasteiger partial charge in [-0.1, -0.05) is 30.3 Å². The van der Waals surface area contributed by atoms with Crippen molar-refractivity contribution in [3.05, 3.63) is 47.0 Å². The van der Waals surface area contributed by atoms with E-state index in [1.807, 2.05) is 42.6 Å². The van der Waals surface area contributed by atoms with E-state index in [0.717, 1.165) is 11.3 Å². The number of aromatic nitrogens is 1. The van der Waals surface area contributed by atoms with Gasteiger partial charge in [0.05, 0.1) is 11.7 Å².